The number of aryl methyl sites for hydroxylation is 1. The summed E-state index contributed by atoms with van der Waals surface area (Å²) in [4.78, 5) is 0. The van der Waals surface area contributed by atoms with Gasteiger partial charge in [-0.25, -0.2) is 4.39 Å². The maximum Gasteiger partial charge on any atom is 0.123 e. The maximum absolute atomic E-state index is 13.4. The van der Waals surface area contributed by atoms with Crippen LogP contribution in [0, 0.1) is 5.82 Å². The van der Waals surface area contributed by atoms with E-state index in [9.17, 15) is 4.39 Å². The Morgan fingerprint density at radius 1 is 1.10 bits per heavy atom. The van der Waals surface area contributed by atoms with Crippen molar-refractivity contribution in [3.63, 3.8) is 0 Å². The highest BCUT2D eigenvalue weighted by atomic mass is 19.1. The molecule has 3 nitrogen and oxygen atoms in total. The van der Waals surface area contributed by atoms with E-state index in [2.05, 4.69) is 0 Å². The summed E-state index contributed by atoms with van der Waals surface area (Å²) < 4.78 is 26.3. The van der Waals surface area contributed by atoms with Crippen molar-refractivity contribution in [1.29, 1.82) is 0 Å². The topological polar surface area (TPSA) is 23.4 Å². The first-order valence-corrected chi connectivity index (χ1v) is 6.67. The minimum absolute atomic E-state index is 0.240. The number of methoxy groups -OCH3 is 1. The minimum Gasteiger partial charge on any atom is -0.497 e. The zero-order valence-corrected chi connectivity index (χ0v) is 12.0. The van der Waals surface area contributed by atoms with E-state index in [4.69, 9.17) is 9.47 Å². The van der Waals surface area contributed by atoms with Gasteiger partial charge < -0.3 is 14.0 Å². The molecule has 0 amide bonds. The summed E-state index contributed by atoms with van der Waals surface area (Å²) in [7, 11) is 3.56. The molecule has 0 radical (unpaired) electrons. The Hall–Kier alpha value is -2.49. The highest BCUT2D eigenvalue weighted by molar-refractivity contribution is 5.83. The van der Waals surface area contributed by atoms with Gasteiger partial charge in [0.05, 0.1) is 7.11 Å². The first-order valence-electron chi connectivity index (χ1n) is 6.67. The van der Waals surface area contributed by atoms with Crippen molar-refractivity contribution in [3.8, 4) is 11.5 Å². The van der Waals surface area contributed by atoms with Crippen LogP contribution in [0.15, 0.2) is 48.7 Å². The molecule has 0 aliphatic heterocycles. The van der Waals surface area contributed by atoms with Gasteiger partial charge >= 0.3 is 0 Å². The van der Waals surface area contributed by atoms with Crippen LogP contribution in [-0.2, 0) is 13.7 Å². The molecule has 0 N–H and O–H groups in total. The van der Waals surface area contributed by atoms with Gasteiger partial charge in [-0.05, 0) is 30.3 Å². The summed E-state index contributed by atoms with van der Waals surface area (Å²) in [6.45, 7) is 0.383. The summed E-state index contributed by atoms with van der Waals surface area (Å²) in [5, 5.41) is 0.875. The molecule has 0 spiro atoms. The molecular weight excluding hydrogens is 269 g/mol. The fourth-order valence-corrected chi connectivity index (χ4v) is 2.41. The number of rotatable bonds is 4. The third kappa shape index (κ3) is 2.70. The number of halogens is 1. The van der Waals surface area contributed by atoms with Gasteiger partial charge in [0, 0.05) is 35.8 Å². The molecule has 1 heterocycles. The highest BCUT2D eigenvalue weighted by Gasteiger charge is 2.08. The third-order valence-corrected chi connectivity index (χ3v) is 3.47. The van der Waals surface area contributed by atoms with E-state index in [1.54, 1.807) is 19.2 Å². The number of hydrogen-bond donors (Lipinski definition) is 0. The molecule has 0 bridgehead atoms. The lowest BCUT2D eigenvalue weighted by atomic mass is 10.2. The van der Waals surface area contributed by atoms with Crippen LogP contribution >= 0.6 is 0 Å². The fourth-order valence-electron chi connectivity index (χ4n) is 2.41. The molecule has 3 aromatic rings. The van der Waals surface area contributed by atoms with E-state index in [1.165, 1.54) is 6.07 Å². The van der Waals surface area contributed by atoms with Crippen molar-refractivity contribution in [1.82, 2.24) is 4.57 Å². The summed E-state index contributed by atoms with van der Waals surface area (Å²) in [6, 6.07) is 12.2. The number of ether oxygens (including phenoxy) is 2. The molecule has 0 aliphatic rings. The SMILES string of the molecule is COc1cccc(OCc2cn(C)c3ccc(F)cc23)c1. The number of benzene rings is 2. The predicted molar refractivity (Wildman–Crippen MR) is 80.2 cm³/mol. The lowest BCUT2D eigenvalue weighted by molar-refractivity contribution is 0.305. The maximum atomic E-state index is 13.4. The second-order valence-electron chi connectivity index (χ2n) is 4.89. The summed E-state index contributed by atoms with van der Waals surface area (Å²) in [5.74, 6) is 1.23. The van der Waals surface area contributed by atoms with Crippen molar-refractivity contribution in [2.45, 2.75) is 6.61 Å². The van der Waals surface area contributed by atoms with Gasteiger partial charge in [-0.1, -0.05) is 6.07 Å². The predicted octanol–water partition coefficient (Wildman–Crippen LogP) is 3.91. The van der Waals surface area contributed by atoms with E-state index in [0.717, 1.165) is 28.0 Å². The normalized spacial score (nSPS) is 10.8. The number of aromatic nitrogens is 1. The average molecular weight is 285 g/mol. The molecule has 4 heteroatoms. The summed E-state index contributed by atoms with van der Waals surface area (Å²) in [5.41, 5.74) is 1.94. The second kappa shape index (κ2) is 5.48. The first kappa shape index (κ1) is 13.5. The molecule has 0 aliphatic carbocycles. The zero-order chi connectivity index (χ0) is 14.8. The molecule has 0 unspecified atom stereocenters. The monoisotopic (exact) mass is 285 g/mol. The summed E-state index contributed by atoms with van der Waals surface area (Å²) in [6.07, 6.45) is 1.96. The Labute approximate surface area is 122 Å². The molecule has 0 saturated heterocycles. The number of nitrogens with zero attached hydrogens (tertiary/aromatic N) is 1. The molecule has 21 heavy (non-hydrogen) atoms. The van der Waals surface area contributed by atoms with Gasteiger partial charge in [0.25, 0.3) is 0 Å². The Bertz CT molecular complexity index is 780. The van der Waals surface area contributed by atoms with Crippen LogP contribution in [0.2, 0.25) is 0 Å². The van der Waals surface area contributed by atoms with E-state index in [0.29, 0.717) is 6.61 Å². The van der Waals surface area contributed by atoms with Crippen LogP contribution < -0.4 is 9.47 Å². The lowest BCUT2D eigenvalue weighted by Crippen LogP contribution is -1.95. The van der Waals surface area contributed by atoms with Crippen molar-refractivity contribution < 1.29 is 13.9 Å². The van der Waals surface area contributed by atoms with Gasteiger partial charge in [0.1, 0.15) is 23.9 Å². The van der Waals surface area contributed by atoms with Crippen LogP contribution in [0.25, 0.3) is 10.9 Å². The zero-order valence-electron chi connectivity index (χ0n) is 12.0. The molecular formula is C17H16FNO2. The van der Waals surface area contributed by atoms with Crippen LogP contribution in [0.5, 0.6) is 11.5 Å². The van der Waals surface area contributed by atoms with Gasteiger partial charge in [-0.3, -0.25) is 0 Å². The molecule has 3 rings (SSSR count). The lowest BCUT2D eigenvalue weighted by Gasteiger charge is -2.07. The number of fused-ring (bicyclic) bond motifs is 1. The quantitative estimate of drug-likeness (QED) is 0.725. The molecule has 0 saturated carbocycles. The minimum atomic E-state index is -0.240. The van der Waals surface area contributed by atoms with E-state index < -0.39 is 0 Å². The second-order valence-corrected chi connectivity index (χ2v) is 4.89. The van der Waals surface area contributed by atoms with Crippen LogP contribution in [0.1, 0.15) is 5.56 Å². The Morgan fingerprint density at radius 3 is 2.71 bits per heavy atom. The van der Waals surface area contributed by atoms with Crippen molar-refractivity contribution in [3.05, 3.63) is 60.0 Å². The van der Waals surface area contributed by atoms with Gasteiger partial charge in [0.2, 0.25) is 0 Å². The molecule has 108 valence electrons. The van der Waals surface area contributed by atoms with E-state index >= 15 is 0 Å². The standard InChI is InChI=1S/C17H16FNO2/c1-19-10-12(16-8-13(18)6-7-17(16)19)11-21-15-5-3-4-14(9-15)20-2/h3-10H,11H2,1-2H3. The van der Waals surface area contributed by atoms with Gasteiger partial charge in [0.15, 0.2) is 0 Å². The molecule has 2 aromatic carbocycles. The van der Waals surface area contributed by atoms with Crippen molar-refractivity contribution in [2.24, 2.45) is 7.05 Å². The molecule has 0 fully saturated rings. The Kier molecular flexibility index (Phi) is 3.52. The smallest absolute Gasteiger partial charge is 0.123 e. The van der Waals surface area contributed by atoms with Crippen molar-refractivity contribution >= 4 is 10.9 Å². The van der Waals surface area contributed by atoms with E-state index in [-0.39, 0.29) is 5.82 Å². The first-order chi connectivity index (χ1) is 10.2. The van der Waals surface area contributed by atoms with E-state index in [1.807, 2.05) is 42.1 Å². The highest BCUT2D eigenvalue weighted by Crippen LogP contribution is 2.24. The van der Waals surface area contributed by atoms with Crippen LogP contribution in [-0.4, -0.2) is 11.7 Å². The van der Waals surface area contributed by atoms with Gasteiger partial charge in [-0.2, -0.15) is 0 Å². The Balaban J connectivity index is 1.86. The van der Waals surface area contributed by atoms with Crippen LogP contribution in [0.3, 0.4) is 0 Å². The molecule has 0 atom stereocenters. The van der Waals surface area contributed by atoms with Crippen molar-refractivity contribution in [2.75, 3.05) is 7.11 Å². The molecule has 1 aromatic heterocycles. The fraction of sp³-hybridized carbons (Fsp3) is 0.176. The van der Waals surface area contributed by atoms with Crippen LogP contribution in [0.4, 0.5) is 4.39 Å². The van der Waals surface area contributed by atoms with Gasteiger partial charge in [-0.15, -0.1) is 0 Å². The number of hydrogen-bond acceptors (Lipinski definition) is 2. The third-order valence-electron chi connectivity index (χ3n) is 3.47. The average Bonchev–Trinajstić information content (AvgIpc) is 2.81. The summed E-state index contributed by atoms with van der Waals surface area (Å²) >= 11 is 0. The largest absolute Gasteiger partial charge is 0.497 e. The Morgan fingerprint density at radius 2 is 1.90 bits per heavy atom.